The normalized spacial score (nSPS) is 35.7. The Labute approximate surface area is 130 Å². The SMILES string of the molecule is C=CC[C@H](C(=O)OC)[C@H](N)[C@H]1O[C@@H]2OC(C)(C)O[C@@H]2[C@H]1OC. The van der Waals surface area contributed by atoms with Gasteiger partial charge in [0.25, 0.3) is 0 Å². The van der Waals surface area contributed by atoms with Crippen molar-refractivity contribution in [2.24, 2.45) is 11.7 Å². The molecule has 126 valence electrons. The van der Waals surface area contributed by atoms with Gasteiger partial charge >= 0.3 is 5.97 Å². The lowest BCUT2D eigenvalue weighted by molar-refractivity contribution is -0.220. The number of ether oxygens (including phenoxy) is 5. The summed E-state index contributed by atoms with van der Waals surface area (Å²) >= 11 is 0. The first-order chi connectivity index (χ1) is 10.3. The minimum atomic E-state index is -0.732. The molecule has 0 radical (unpaired) electrons. The van der Waals surface area contributed by atoms with Crippen molar-refractivity contribution < 1.29 is 28.5 Å². The smallest absolute Gasteiger partial charge is 0.310 e. The van der Waals surface area contributed by atoms with E-state index >= 15 is 0 Å². The van der Waals surface area contributed by atoms with Crippen LogP contribution in [-0.4, -0.2) is 56.6 Å². The third kappa shape index (κ3) is 3.18. The number of carbonyl (C=O) groups excluding carboxylic acids is 1. The maximum Gasteiger partial charge on any atom is 0.310 e. The largest absolute Gasteiger partial charge is 0.469 e. The van der Waals surface area contributed by atoms with E-state index in [0.717, 1.165) is 0 Å². The van der Waals surface area contributed by atoms with Gasteiger partial charge in [0.15, 0.2) is 12.1 Å². The van der Waals surface area contributed by atoms with Crippen LogP contribution in [0.1, 0.15) is 20.3 Å². The minimum Gasteiger partial charge on any atom is -0.469 e. The van der Waals surface area contributed by atoms with Gasteiger partial charge in [-0.25, -0.2) is 0 Å². The van der Waals surface area contributed by atoms with Crippen LogP contribution in [0.4, 0.5) is 0 Å². The Kier molecular flexibility index (Phi) is 5.24. The van der Waals surface area contributed by atoms with Gasteiger partial charge in [0.1, 0.15) is 18.3 Å². The maximum atomic E-state index is 11.9. The van der Waals surface area contributed by atoms with E-state index in [9.17, 15) is 4.79 Å². The predicted octanol–water partition coefficient (Wildman–Crippen LogP) is 0.570. The third-order valence-corrected chi connectivity index (χ3v) is 4.07. The van der Waals surface area contributed by atoms with Crippen LogP contribution < -0.4 is 5.73 Å². The zero-order chi connectivity index (χ0) is 16.5. The monoisotopic (exact) mass is 315 g/mol. The molecule has 2 saturated heterocycles. The van der Waals surface area contributed by atoms with Crippen LogP contribution in [0.3, 0.4) is 0 Å². The molecule has 0 bridgehead atoms. The molecule has 0 amide bonds. The van der Waals surface area contributed by atoms with Gasteiger partial charge in [-0.15, -0.1) is 6.58 Å². The Balaban J connectivity index is 2.14. The molecule has 2 aliphatic heterocycles. The molecule has 2 N–H and O–H groups in total. The summed E-state index contributed by atoms with van der Waals surface area (Å²) in [6.45, 7) is 7.28. The molecule has 6 atom stereocenters. The molecular formula is C15H25NO6. The summed E-state index contributed by atoms with van der Waals surface area (Å²) in [6.07, 6.45) is 0.150. The highest BCUT2D eigenvalue weighted by Gasteiger charge is 2.57. The van der Waals surface area contributed by atoms with Crippen molar-refractivity contribution in [1.82, 2.24) is 0 Å². The van der Waals surface area contributed by atoms with E-state index in [-0.39, 0.29) is 6.10 Å². The van der Waals surface area contributed by atoms with Crippen molar-refractivity contribution in [3.05, 3.63) is 12.7 Å². The van der Waals surface area contributed by atoms with Crippen LogP contribution in [0, 0.1) is 5.92 Å². The van der Waals surface area contributed by atoms with Gasteiger partial charge in [-0.1, -0.05) is 6.08 Å². The molecule has 0 aromatic carbocycles. The van der Waals surface area contributed by atoms with Crippen molar-refractivity contribution >= 4 is 5.97 Å². The van der Waals surface area contributed by atoms with Crippen LogP contribution >= 0.6 is 0 Å². The average molecular weight is 315 g/mol. The summed E-state index contributed by atoms with van der Waals surface area (Å²) in [4.78, 5) is 11.9. The second kappa shape index (κ2) is 6.64. The molecule has 0 aromatic rings. The number of methoxy groups -OCH3 is 2. The van der Waals surface area contributed by atoms with Crippen molar-refractivity contribution in [2.45, 2.75) is 56.7 Å². The van der Waals surface area contributed by atoms with Gasteiger partial charge in [-0.2, -0.15) is 0 Å². The fourth-order valence-corrected chi connectivity index (χ4v) is 3.05. The Morgan fingerprint density at radius 2 is 2.09 bits per heavy atom. The molecular weight excluding hydrogens is 290 g/mol. The van der Waals surface area contributed by atoms with E-state index < -0.39 is 42.2 Å². The topological polar surface area (TPSA) is 89.2 Å². The van der Waals surface area contributed by atoms with Gasteiger partial charge in [0.05, 0.1) is 13.0 Å². The van der Waals surface area contributed by atoms with Gasteiger partial charge < -0.3 is 29.4 Å². The molecule has 2 rings (SSSR count). The number of rotatable bonds is 6. The quantitative estimate of drug-likeness (QED) is 0.566. The average Bonchev–Trinajstić information content (AvgIpc) is 2.94. The number of hydrogen-bond donors (Lipinski definition) is 1. The Hall–Kier alpha value is -0.990. The van der Waals surface area contributed by atoms with Crippen molar-refractivity contribution in [3.63, 3.8) is 0 Å². The molecule has 0 aromatic heterocycles. The highest BCUT2D eigenvalue weighted by Crippen LogP contribution is 2.40. The van der Waals surface area contributed by atoms with E-state index in [4.69, 9.17) is 29.4 Å². The number of nitrogens with two attached hydrogens (primary N) is 1. The van der Waals surface area contributed by atoms with E-state index in [1.165, 1.54) is 7.11 Å². The molecule has 2 heterocycles. The molecule has 0 spiro atoms. The van der Waals surface area contributed by atoms with Crippen LogP contribution in [0.15, 0.2) is 12.7 Å². The van der Waals surface area contributed by atoms with Crippen LogP contribution in [0.25, 0.3) is 0 Å². The third-order valence-electron chi connectivity index (χ3n) is 4.07. The molecule has 0 unspecified atom stereocenters. The zero-order valence-electron chi connectivity index (χ0n) is 13.5. The summed E-state index contributed by atoms with van der Waals surface area (Å²) in [5.41, 5.74) is 6.26. The molecule has 0 saturated carbocycles. The molecule has 2 fully saturated rings. The zero-order valence-corrected chi connectivity index (χ0v) is 13.5. The van der Waals surface area contributed by atoms with Crippen molar-refractivity contribution in [2.75, 3.05) is 14.2 Å². The highest BCUT2D eigenvalue weighted by molar-refractivity contribution is 5.73. The van der Waals surface area contributed by atoms with Crippen molar-refractivity contribution in [1.29, 1.82) is 0 Å². The molecule has 7 heteroatoms. The second-order valence-electron chi connectivity index (χ2n) is 6.00. The number of carbonyl (C=O) groups is 1. The van der Waals surface area contributed by atoms with E-state index in [0.29, 0.717) is 6.42 Å². The van der Waals surface area contributed by atoms with E-state index in [1.54, 1.807) is 13.2 Å². The lowest BCUT2D eigenvalue weighted by Gasteiger charge is -2.31. The molecule has 0 aliphatic carbocycles. The second-order valence-corrected chi connectivity index (χ2v) is 6.00. The van der Waals surface area contributed by atoms with E-state index in [1.807, 2.05) is 13.8 Å². The standard InChI is InChI=1S/C15H25NO6/c1-6-7-8(13(17)19-5)9(16)10-11(18-4)12-14(20-10)22-15(2,3)21-12/h6,8-12,14H,1,7,16H2,2-5H3/t8-,9-,10+,11-,12+,14+/m0/s1. The van der Waals surface area contributed by atoms with Gasteiger partial charge in [0, 0.05) is 13.2 Å². The van der Waals surface area contributed by atoms with Crippen LogP contribution in [0.2, 0.25) is 0 Å². The number of fused-ring (bicyclic) bond motifs is 1. The fraction of sp³-hybridized carbons (Fsp3) is 0.800. The maximum absolute atomic E-state index is 11.9. The van der Waals surface area contributed by atoms with Crippen LogP contribution in [-0.2, 0) is 28.5 Å². The fourth-order valence-electron chi connectivity index (χ4n) is 3.05. The number of hydrogen-bond acceptors (Lipinski definition) is 7. The summed E-state index contributed by atoms with van der Waals surface area (Å²) < 4.78 is 27.7. The van der Waals surface area contributed by atoms with Gasteiger partial charge in [-0.3, -0.25) is 4.79 Å². The number of allylic oxidation sites excluding steroid dienone is 1. The molecule has 2 aliphatic rings. The summed E-state index contributed by atoms with van der Waals surface area (Å²) in [6, 6.07) is -0.615. The Morgan fingerprint density at radius 3 is 2.64 bits per heavy atom. The van der Waals surface area contributed by atoms with Gasteiger partial charge in [-0.05, 0) is 20.3 Å². The minimum absolute atomic E-state index is 0.377. The lowest BCUT2D eigenvalue weighted by Crippen LogP contribution is -2.51. The first-order valence-electron chi connectivity index (χ1n) is 7.32. The van der Waals surface area contributed by atoms with Gasteiger partial charge in [0.2, 0.25) is 0 Å². The highest BCUT2D eigenvalue weighted by atomic mass is 16.8. The Bertz CT molecular complexity index is 426. The first kappa shape index (κ1) is 17.4. The summed E-state index contributed by atoms with van der Waals surface area (Å²) in [5.74, 6) is -1.69. The summed E-state index contributed by atoms with van der Waals surface area (Å²) in [7, 11) is 2.89. The molecule has 22 heavy (non-hydrogen) atoms. The van der Waals surface area contributed by atoms with E-state index in [2.05, 4.69) is 6.58 Å². The first-order valence-corrected chi connectivity index (χ1v) is 7.32. The van der Waals surface area contributed by atoms with Crippen LogP contribution in [0.5, 0.6) is 0 Å². The predicted molar refractivity (Wildman–Crippen MR) is 77.8 cm³/mol. The number of esters is 1. The lowest BCUT2D eigenvalue weighted by atomic mass is 9.89. The molecule has 7 nitrogen and oxygen atoms in total. The Morgan fingerprint density at radius 1 is 1.41 bits per heavy atom. The summed E-state index contributed by atoms with van der Waals surface area (Å²) in [5, 5.41) is 0. The van der Waals surface area contributed by atoms with Crippen molar-refractivity contribution in [3.8, 4) is 0 Å².